The monoisotopic (exact) mass is 289 g/mol. The Morgan fingerprint density at radius 1 is 1.25 bits per heavy atom. The predicted molar refractivity (Wildman–Crippen MR) is 86.4 cm³/mol. The summed E-state index contributed by atoms with van der Waals surface area (Å²) in [5.41, 5.74) is 2.34. The molecule has 1 aliphatic rings. The van der Waals surface area contributed by atoms with Gasteiger partial charge in [-0.15, -0.1) is 11.3 Å². The number of thiophene rings is 1. The van der Waals surface area contributed by atoms with Gasteiger partial charge in [0.1, 0.15) is 12.1 Å². The molecule has 20 heavy (non-hydrogen) atoms. The first-order valence-electron chi connectivity index (χ1n) is 7.66. The summed E-state index contributed by atoms with van der Waals surface area (Å²) in [6.07, 6.45) is 8.56. The number of hydrogen-bond acceptors (Lipinski definition) is 4. The number of aromatic nitrogens is 2. The smallest absolute Gasteiger partial charge is 0.147 e. The fourth-order valence-corrected chi connectivity index (χ4v) is 4.08. The number of hydrogen-bond donors (Lipinski definition) is 1. The zero-order valence-electron chi connectivity index (χ0n) is 12.4. The largest absolute Gasteiger partial charge is 0.369 e. The van der Waals surface area contributed by atoms with Crippen LogP contribution in [-0.4, -0.2) is 16.5 Å². The molecule has 0 saturated heterocycles. The van der Waals surface area contributed by atoms with Crippen molar-refractivity contribution in [2.75, 3.05) is 11.9 Å². The molecule has 2 aromatic rings. The van der Waals surface area contributed by atoms with Crippen LogP contribution < -0.4 is 5.32 Å². The average Bonchev–Trinajstić information content (AvgIpc) is 2.84. The molecule has 1 saturated carbocycles. The maximum absolute atomic E-state index is 4.40. The molecule has 2 aromatic heterocycles. The standard InChI is InChI=1S/C16H23N3S/c1-11-3-5-13(6-4-11)7-8-17-16-15-14(18-10-19-16)12(2)9-20-15/h9-11,13H,3-8H2,1-2H3,(H,17,18,19). The van der Waals surface area contributed by atoms with Crippen LogP contribution in [0.15, 0.2) is 11.7 Å². The Balaban J connectivity index is 1.57. The van der Waals surface area contributed by atoms with E-state index in [1.165, 1.54) is 42.4 Å². The summed E-state index contributed by atoms with van der Waals surface area (Å²) in [6, 6.07) is 0. The molecule has 4 heteroatoms. The molecule has 2 heterocycles. The van der Waals surface area contributed by atoms with Crippen LogP contribution in [-0.2, 0) is 0 Å². The predicted octanol–water partition coefficient (Wildman–Crippen LogP) is 4.63. The fourth-order valence-electron chi connectivity index (χ4n) is 3.11. The van der Waals surface area contributed by atoms with Crippen molar-refractivity contribution < 1.29 is 0 Å². The Morgan fingerprint density at radius 3 is 2.85 bits per heavy atom. The minimum atomic E-state index is 0.904. The Labute approximate surface area is 124 Å². The maximum Gasteiger partial charge on any atom is 0.147 e. The van der Waals surface area contributed by atoms with Crippen LogP contribution >= 0.6 is 11.3 Å². The molecule has 1 N–H and O–H groups in total. The second kappa shape index (κ2) is 6.08. The van der Waals surface area contributed by atoms with E-state index in [-0.39, 0.29) is 0 Å². The molecule has 3 nitrogen and oxygen atoms in total. The van der Waals surface area contributed by atoms with E-state index < -0.39 is 0 Å². The topological polar surface area (TPSA) is 37.8 Å². The van der Waals surface area contributed by atoms with Crippen LogP contribution in [0.25, 0.3) is 10.2 Å². The van der Waals surface area contributed by atoms with Crippen LogP contribution in [0.5, 0.6) is 0 Å². The van der Waals surface area contributed by atoms with Crippen LogP contribution in [0.3, 0.4) is 0 Å². The van der Waals surface area contributed by atoms with Gasteiger partial charge in [-0.05, 0) is 36.1 Å². The van der Waals surface area contributed by atoms with Gasteiger partial charge in [0, 0.05) is 6.54 Å². The van der Waals surface area contributed by atoms with Crippen molar-refractivity contribution >= 4 is 27.4 Å². The number of rotatable bonds is 4. The summed E-state index contributed by atoms with van der Waals surface area (Å²) < 4.78 is 1.20. The Morgan fingerprint density at radius 2 is 2.05 bits per heavy atom. The molecule has 1 aliphatic carbocycles. The average molecular weight is 289 g/mol. The zero-order chi connectivity index (χ0) is 13.9. The van der Waals surface area contributed by atoms with Crippen LogP contribution in [0.4, 0.5) is 5.82 Å². The van der Waals surface area contributed by atoms with E-state index in [0.29, 0.717) is 0 Å². The SMILES string of the molecule is Cc1csc2c(NCCC3CCC(C)CC3)ncnc12. The van der Waals surface area contributed by atoms with E-state index in [1.54, 1.807) is 17.7 Å². The number of nitrogens with one attached hydrogen (secondary N) is 1. The summed E-state index contributed by atoms with van der Waals surface area (Å²) in [4.78, 5) is 8.77. The van der Waals surface area contributed by atoms with E-state index in [9.17, 15) is 0 Å². The van der Waals surface area contributed by atoms with Crippen molar-refractivity contribution in [2.45, 2.75) is 46.0 Å². The van der Waals surface area contributed by atoms with Gasteiger partial charge >= 0.3 is 0 Å². The molecule has 0 radical (unpaired) electrons. The molecule has 0 bridgehead atoms. The quantitative estimate of drug-likeness (QED) is 0.892. The molecular formula is C16H23N3S. The van der Waals surface area contributed by atoms with Crippen LogP contribution in [0.1, 0.15) is 44.6 Å². The van der Waals surface area contributed by atoms with Crippen LogP contribution in [0, 0.1) is 18.8 Å². The summed E-state index contributed by atoms with van der Waals surface area (Å²) in [5.74, 6) is 2.85. The van der Waals surface area contributed by atoms with Gasteiger partial charge < -0.3 is 5.32 Å². The molecular weight excluding hydrogens is 266 g/mol. The minimum absolute atomic E-state index is 0.904. The molecule has 0 spiro atoms. The lowest BCUT2D eigenvalue weighted by molar-refractivity contribution is 0.282. The molecule has 0 atom stereocenters. The number of anilines is 1. The van der Waals surface area contributed by atoms with E-state index >= 15 is 0 Å². The van der Waals surface area contributed by atoms with Gasteiger partial charge in [-0.1, -0.05) is 32.6 Å². The van der Waals surface area contributed by atoms with Crippen molar-refractivity contribution in [3.05, 3.63) is 17.3 Å². The highest BCUT2D eigenvalue weighted by atomic mass is 32.1. The van der Waals surface area contributed by atoms with Crippen molar-refractivity contribution in [1.29, 1.82) is 0 Å². The third kappa shape index (κ3) is 2.95. The highest BCUT2D eigenvalue weighted by molar-refractivity contribution is 7.18. The Hall–Kier alpha value is -1.16. The van der Waals surface area contributed by atoms with E-state index in [2.05, 4.69) is 34.5 Å². The molecule has 0 aliphatic heterocycles. The minimum Gasteiger partial charge on any atom is -0.369 e. The first kappa shape index (κ1) is 13.8. The summed E-state index contributed by atoms with van der Waals surface area (Å²) in [5, 5.41) is 5.68. The number of fused-ring (bicyclic) bond motifs is 1. The second-order valence-electron chi connectivity index (χ2n) is 6.16. The first-order chi connectivity index (χ1) is 9.74. The van der Waals surface area contributed by atoms with E-state index in [4.69, 9.17) is 0 Å². The van der Waals surface area contributed by atoms with Crippen molar-refractivity contribution in [3.8, 4) is 0 Å². The molecule has 1 fully saturated rings. The number of nitrogens with zero attached hydrogens (tertiary/aromatic N) is 2. The summed E-state index contributed by atoms with van der Waals surface area (Å²) in [6.45, 7) is 5.52. The van der Waals surface area contributed by atoms with Gasteiger partial charge in [-0.3, -0.25) is 0 Å². The zero-order valence-corrected chi connectivity index (χ0v) is 13.2. The van der Waals surface area contributed by atoms with Crippen molar-refractivity contribution in [3.63, 3.8) is 0 Å². The first-order valence-corrected chi connectivity index (χ1v) is 8.54. The molecule has 0 amide bonds. The Kier molecular flexibility index (Phi) is 4.20. The molecule has 0 unspecified atom stereocenters. The second-order valence-corrected chi connectivity index (χ2v) is 7.04. The molecule has 108 valence electrons. The maximum atomic E-state index is 4.40. The third-order valence-corrected chi connectivity index (χ3v) is 5.61. The molecule has 0 aromatic carbocycles. The van der Waals surface area contributed by atoms with E-state index in [1.807, 2.05) is 0 Å². The normalized spacial score (nSPS) is 23.1. The van der Waals surface area contributed by atoms with Gasteiger partial charge in [0.05, 0.1) is 10.2 Å². The Bertz CT molecular complexity index is 570. The summed E-state index contributed by atoms with van der Waals surface area (Å²) in [7, 11) is 0. The third-order valence-electron chi connectivity index (χ3n) is 4.51. The van der Waals surface area contributed by atoms with E-state index in [0.717, 1.165) is 29.7 Å². The lowest BCUT2D eigenvalue weighted by atomic mass is 9.81. The van der Waals surface area contributed by atoms with Crippen molar-refractivity contribution in [1.82, 2.24) is 9.97 Å². The van der Waals surface area contributed by atoms with Gasteiger partial charge in [0.2, 0.25) is 0 Å². The van der Waals surface area contributed by atoms with Gasteiger partial charge in [0.25, 0.3) is 0 Å². The lowest BCUT2D eigenvalue weighted by Gasteiger charge is -2.26. The fraction of sp³-hybridized carbons (Fsp3) is 0.625. The van der Waals surface area contributed by atoms with Gasteiger partial charge in [-0.2, -0.15) is 0 Å². The number of aryl methyl sites for hydroxylation is 1. The van der Waals surface area contributed by atoms with Crippen molar-refractivity contribution in [2.24, 2.45) is 11.8 Å². The van der Waals surface area contributed by atoms with Gasteiger partial charge in [0.15, 0.2) is 0 Å². The van der Waals surface area contributed by atoms with Crippen LogP contribution in [0.2, 0.25) is 0 Å². The lowest BCUT2D eigenvalue weighted by Crippen LogP contribution is -2.16. The highest BCUT2D eigenvalue weighted by Gasteiger charge is 2.17. The van der Waals surface area contributed by atoms with Gasteiger partial charge in [-0.25, -0.2) is 9.97 Å². The highest BCUT2D eigenvalue weighted by Crippen LogP contribution is 2.31. The molecule has 3 rings (SSSR count). The summed E-state index contributed by atoms with van der Waals surface area (Å²) >= 11 is 1.74.